The number of benzene rings is 1. The Morgan fingerprint density at radius 2 is 2.25 bits per heavy atom. The standard InChI is InChI=1S/C17H21N3O3S/c1-4-7-23-14-6-5-13(8-15(14)22-3)10-18-20-16(21)9-17-19-12(2)11-24-17/h5-6,8,10-11H,4,7,9H2,1-3H3,(H,20,21)/b18-10-. The molecular weight excluding hydrogens is 326 g/mol. The van der Waals surface area contributed by atoms with Crippen LogP contribution in [0.4, 0.5) is 0 Å². The smallest absolute Gasteiger partial charge is 0.246 e. The molecule has 0 saturated heterocycles. The molecule has 0 unspecified atom stereocenters. The highest BCUT2D eigenvalue weighted by atomic mass is 32.1. The molecule has 1 heterocycles. The highest BCUT2D eigenvalue weighted by Crippen LogP contribution is 2.27. The number of thiazole rings is 1. The lowest BCUT2D eigenvalue weighted by atomic mass is 10.2. The maximum Gasteiger partial charge on any atom is 0.246 e. The molecule has 0 spiro atoms. The maximum absolute atomic E-state index is 11.8. The normalized spacial score (nSPS) is 10.8. The number of amides is 1. The van der Waals surface area contributed by atoms with E-state index < -0.39 is 0 Å². The van der Waals surface area contributed by atoms with Gasteiger partial charge in [0.2, 0.25) is 5.91 Å². The van der Waals surface area contributed by atoms with Gasteiger partial charge in [0, 0.05) is 11.1 Å². The zero-order valence-corrected chi connectivity index (χ0v) is 14.9. The second-order valence-corrected chi connectivity index (χ2v) is 6.05. The van der Waals surface area contributed by atoms with Crippen molar-refractivity contribution in [1.82, 2.24) is 10.4 Å². The Bertz CT molecular complexity index is 713. The van der Waals surface area contributed by atoms with Crippen LogP contribution in [0, 0.1) is 6.92 Å². The Kier molecular flexibility index (Phi) is 6.74. The van der Waals surface area contributed by atoms with Crippen LogP contribution < -0.4 is 14.9 Å². The average Bonchev–Trinajstić information content (AvgIpc) is 2.98. The van der Waals surface area contributed by atoms with E-state index in [0.29, 0.717) is 18.1 Å². The van der Waals surface area contributed by atoms with Crippen LogP contribution in [0.15, 0.2) is 28.7 Å². The van der Waals surface area contributed by atoms with Gasteiger partial charge in [-0.3, -0.25) is 4.79 Å². The van der Waals surface area contributed by atoms with Crippen molar-refractivity contribution in [3.63, 3.8) is 0 Å². The van der Waals surface area contributed by atoms with Gasteiger partial charge in [-0.2, -0.15) is 5.10 Å². The molecule has 24 heavy (non-hydrogen) atoms. The van der Waals surface area contributed by atoms with Crippen molar-refractivity contribution in [2.45, 2.75) is 26.7 Å². The van der Waals surface area contributed by atoms with Gasteiger partial charge < -0.3 is 9.47 Å². The second-order valence-electron chi connectivity index (χ2n) is 5.11. The molecule has 7 heteroatoms. The van der Waals surface area contributed by atoms with E-state index in [2.05, 4.69) is 15.5 Å². The van der Waals surface area contributed by atoms with E-state index in [1.807, 2.05) is 37.4 Å². The number of nitrogens with zero attached hydrogens (tertiary/aromatic N) is 2. The maximum atomic E-state index is 11.8. The molecule has 1 aromatic heterocycles. The number of methoxy groups -OCH3 is 1. The summed E-state index contributed by atoms with van der Waals surface area (Å²) in [5, 5.41) is 6.66. The minimum absolute atomic E-state index is 0.199. The number of aromatic nitrogens is 1. The second kappa shape index (κ2) is 9.02. The molecule has 0 saturated carbocycles. The average molecular weight is 347 g/mol. The van der Waals surface area contributed by atoms with Crippen LogP contribution in [-0.2, 0) is 11.2 Å². The number of rotatable bonds is 8. The van der Waals surface area contributed by atoms with Crippen LogP contribution in [0.5, 0.6) is 11.5 Å². The fourth-order valence-electron chi connectivity index (χ4n) is 1.94. The van der Waals surface area contributed by atoms with Crippen LogP contribution in [0.2, 0.25) is 0 Å². The first-order valence-electron chi connectivity index (χ1n) is 7.66. The molecule has 0 aliphatic carbocycles. The quantitative estimate of drug-likeness (QED) is 0.589. The summed E-state index contributed by atoms with van der Waals surface area (Å²) in [6.07, 6.45) is 2.72. The Morgan fingerprint density at radius 1 is 1.42 bits per heavy atom. The summed E-state index contributed by atoms with van der Waals surface area (Å²) < 4.78 is 10.9. The van der Waals surface area contributed by atoms with Gasteiger partial charge in [-0.1, -0.05) is 6.92 Å². The number of aryl methyl sites for hydroxylation is 1. The van der Waals surface area contributed by atoms with Crippen LogP contribution in [0.3, 0.4) is 0 Å². The highest BCUT2D eigenvalue weighted by molar-refractivity contribution is 7.09. The summed E-state index contributed by atoms with van der Waals surface area (Å²) in [4.78, 5) is 16.1. The van der Waals surface area contributed by atoms with E-state index in [1.54, 1.807) is 13.3 Å². The molecule has 0 bridgehead atoms. The summed E-state index contributed by atoms with van der Waals surface area (Å²) in [6, 6.07) is 5.49. The molecule has 0 atom stereocenters. The zero-order chi connectivity index (χ0) is 17.4. The van der Waals surface area contributed by atoms with Gasteiger partial charge in [0.05, 0.1) is 26.4 Å². The third kappa shape index (κ3) is 5.34. The molecule has 6 nitrogen and oxygen atoms in total. The first kappa shape index (κ1) is 17.9. The number of hydrazone groups is 1. The van der Waals surface area contributed by atoms with Crippen molar-refractivity contribution >= 4 is 23.5 Å². The molecule has 1 aromatic carbocycles. The first-order chi connectivity index (χ1) is 11.6. The Balaban J connectivity index is 1.92. The number of hydrogen-bond acceptors (Lipinski definition) is 6. The predicted octanol–water partition coefficient (Wildman–Crippen LogP) is 2.94. The number of nitrogens with one attached hydrogen (secondary N) is 1. The van der Waals surface area contributed by atoms with Crippen LogP contribution >= 0.6 is 11.3 Å². The lowest BCUT2D eigenvalue weighted by Gasteiger charge is -2.10. The van der Waals surface area contributed by atoms with Crippen molar-refractivity contribution < 1.29 is 14.3 Å². The molecule has 1 N–H and O–H groups in total. The van der Waals surface area contributed by atoms with Gasteiger partial charge in [-0.15, -0.1) is 11.3 Å². The molecule has 1 amide bonds. The van der Waals surface area contributed by atoms with Gasteiger partial charge in [0.25, 0.3) is 0 Å². The summed E-state index contributed by atoms with van der Waals surface area (Å²) in [6.45, 7) is 4.58. The molecule has 0 radical (unpaired) electrons. The van der Waals surface area contributed by atoms with E-state index in [-0.39, 0.29) is 12.3 Å². The molecule has 128 valence electrons. The largest absolute Gasteiger partial charge is 0.493 e. The first-order valence-corrected chi connectivity index (χ1v) is 8.54. The third-order valence-corrected chi connectivity index (χ3v) is 4.00. The Labute approximate surface area is 145 Å². The lowest BCUT2D eigenvalue weighted by Crippen LogP contribution is -2.19. The van der Waals surface area contributed by atoms with E-state index in [1.165, 1.54) is 11.3 Å². The van der Waals surface area contributed by atoms with Crippen molar-refractivity contribution in [2.24, 2.45) is 5.10 Å². The molecule has 0 aliphatic heterocycles. The van der Waals surface area contributed by atoms with E-state index in [4.69, 9.17) is 9.47 Å². The van der Waals surface area contributed by atoms with Crippen molar-refractivity contribution in [1.29, 1.82) is 0 Å². The third-order valence-electron chi connectivity index (χ3n) is 3.03. The fourth-order valence-corrected chi connectivity index (χ4v) is 2.71. The van der Waals surface area contributed by atoms with E-state index in [9.17, 15) is 4.79 Å². The fraction of sp³-hybridized carbons (Fsp3) is 0.353. The summed E-state index contributed by atoms with van der Waals surface area (Å²) in [7, 11) is 1.59. The SMILES string of the molecule is CCCOc1ccc(/C=N\NC(=O)Cc2nc(C)cs2)cc1OC. The van der Waals surface area contributed by atoms with Crippen molar-refractivity contribution in [3.8, 4) is 11.5 Å². The Morgan fingerprint density at radius 3 is 2.92 bits per heavy atom. The molecule has 2 rings (SSSR count). The number of carbonyl (C=O) groups excluding carboxylic acids is 1. The molecule has 2 aromatic rings. The molecule has 0 fully saturated rings. The van der Waals surface area contributed by atoms with E-state index in [0.717, 1.165) is 22.7 Å². The number of carbonyl (C=O) groups is 1. The monoisotopic (exact) mass is 347 g/mol. The minimum atomic E-state index is -0.199. The van der Waals surface area contributed by atoms with Gasteiger partial charge in [0.1, 0.15) is 5.01 Å². The van der Waals surface area contributed by atoms with Gasteiger partial charge in [-0.05, 0) is 37.1 Å². The molecular formula is C17H21N3O3S. The van der Waals surface area contributed by atoms with Crippen LogP contribution in [0.1, 0.15) is 29.6 Å². The van der Waals surface area contributed by atoms with E-state index >= 15 is 0 Å². The summed E-state index contributed by atoms with van der Waals surface area (Å²) >= 11 is 1.47. The Hall–Kier alpha value is -2.41. The molecule has 0 aliphatic rings. The summed E-state index contributed by atoms with van der Waals surface area (Å²) in [5.74, 6) is 1.13. The summed E-state index contributed by atoms with van der Waals surface area (Å²) in [5.41, 5.74) is 4.23. The van der Waals surface area contributed by atoms with Gasteiger partial charge in [0.15, 0.2) is 11.5 Å². The van der Waals surface area contributed by atoms with Gasteiger partial charge in [-0.25, -0.2) is 10.4 Å². The van der Waals surface area contributed by atoms with Crippen LogP contribution in [0.25, 0.3) is 0 Å². The van der Waals surface area contributed by atoms with Gasteiger partial charge >= 0.3 is 0 Å². The number of hydrogen-bond donors (Lipinski definition) is 1. The number of ether oxygens (including phenoxy) is 2. The zero-order valence-electron chi connectivity index (χ0n) is 14.0. The topological polar surface area (TPSA) is 72.8 Å². The van der Waals surface area contributed by atoms with Crippen molar-refractivity contribution in [3.05, 3.63) is 39.8 Å². The lowest BCUT2D eigenvalue weighted by molar-refractivity contribution is -0.120. The predicted molar refractivity (Wildman–Crippen MR) is 95.1 cm³/mol. The highest BCUT2D eigenvalue weighted by Gasteiger charge is 2.06. The van der Waals surface area contributed by atoms with Crippen LogP contribution in [-0.4, -0.2) is 30.8 Å². The minimum Gasteiger partial charge on any atom is -0.493 e. The van der Waals surface area contributed by atoms with Crippen molar-refractivity contribution in [2.75, 3.05) is 13.7 Å².